The van der Waals surface area contributed by atoms with Crippen molar-refractivity contribution in [2.75, 3.05) is 10.6 Å². The van der Waals surface area contributed by atoms with Crippen LogP contribution in [0.1, 0.15) is 29.7 Å². The van der Waals surface area contributed by atoms with E-state index in [0.717, 1.165) is 22.4 Å². The Balaban J connectivity index is 1.41. The van der Waals surface area contributed by atoms with E-state index in [2.05, 4.69) is 20.7 Å². The fraction of sp³-hybridized carbons (Fsp3) is 0.148. The lowest BCUT2D eigenvalue weighted by atomic mass is 9.95. The molecule has 182 valence electrons. The molecular formula is C27H23Cl2N5O2. The van der Waals surface area contributed by atoms with Gasteiger partial charge in [-0.3, -0.25) is 4.79 Å². The van der Waals surface area contributed by atoms with Crippen molar-refractivity contribution in [1.82, 2.24) is 14.8 Å². The molecule has 0 saturated heterocycles. The van der Waals surface area contributed by atoms with Crippen LogP contribution in [0.2, 0.25) is 10.0 Å². The number of hydrogen-bond donors (Lipinski definition) is 2. The van der Waals surface area contributed by atoms with Crippen molar-refractivity contribution in [3.05, 3.63) is 111 Å². The average Bonchev–Trinajstić information content (AvgIpc) is 3.32. The summed E-state index contributed by atoms with van der Waals surface area (Å²) in [6, 6.07) is 20.1. The van der Waals surface area contributed by atoms with Crippen molar-refractivity contribution in [2.45, 2.75) is 26.5 Å². The lowest BCUT2D eigenvalue weighted by Crippen LogP contribution is -2.31. The van der Waals surface area contributed by atoms with Crippen LogP contribution >= 0.6 is 23.2 Å². The van der Waals surface area contributed by atoms with E-state index in [1.54, 1.807) is 16.8 Å². The third-order valence-corrected chi connectivity index (χ3v) is 6.62. The van der Waals surface area contributed by atoms with Gasteiger partial charge >= 0.3 is 0 Å². The van der Waals surface area contributed by atoms with Crippen molar-refractivity contribution in [3.63, 3.8) is 0 Å². The monoisotopic (exact) mass is 519 g/mol. The number of carbonyl (C=O) groups excluding carboxylic acids is 1. The predicted octanol–water partition coefficient (Wildman–Crippen LogP) is 6.40. The molecule has 2 N–H and O–H groups in total. The first-order chi connectivity index (χ1) is 17.4. The summed E-state index contributed by atoms with van der Waals surface area (Å²) < 4.78 is 7.64. The number of aryl methyl sites for hydroxylation is 1. The van der Waals surface area contributed by atoms with Crippen LogP contribution in [0.25, 0.3) is 0 Å². The van der Waals surface area contributed by atoms with Gasteiger partial charge in [-0.05, 0) is 55.3 Å². The van der Waals surface area contributed by atoms with Crippen LogP contribution in [0.4, 0.5) is 11.6 Å². The molecular weight excluding hydrogens is 497 g/mol. The van der Waals surface area contributed by atoms with Gasteiger partial charge in [0.25, 0.3) is 5.91 Å². The molecule has 0 spiro atoms. The molecule has 4 aromatic rings. The van der Waals surface area contributed by atoms with Crippen molar-refractivity contribution >= 4 is 40.7 Å². The van der Waals surface area contributed by atoms with Gasteiger partial charge in [0.15, 0.2) is 0 Å². The maximum atomic E-state index is 13.5. The quantitative estimate of drug-likeness (QED) is 0.308. The molecule has 0 bridgehead atoms. The summed E-state index contributed by atoms with van der Waals surface area (Å²) in [6.45, 7) is 4.13. The zero-order chi connectivity index (χ0) is 25.2. The number of nitrogens with zero attached hydrogens (tertiary/aromatic N) is 3. The molecule has 0 fully saturated rings. The number of hydrogen-bond acceptors (Lipinski definition) is 5. The molecule has 7 nitrogen and oxygen atoms in total. The average molecular weight is 520 g/mol. The number of anilines is 2. The number of amides is 1. The van der Waals surface area contributed by atoms with Gasteiger partial charge in [0.1, 0.15) is 24.7 Å². The zero-order valence-electron chi connectivity index (χ0n) is 19.6. The smallest absolute Gasteiger partial charge is 0.255 e. The zero-order valence-corrected chi connectivity index (χ0v) is 21.1. The molecule has 2 heterocycles. The molecule has 1 aliphatic heterocycles. The molecule has 5 rings (SSSR count). The minimum absolute atomic E-state index is 0.210. The molecule has 3 aromatic carbocycles. The number of rotatable bonds is 6. The molecule has 9 heteroatoms. The first-order valence-electron chi connectivity index (χ1n) is 11.3. The Kier molecular flexibility index (Phi) is 6.67. The Hall–Kier alpha value is -3.81. The largest absolute Gasteiger partial charge is 0.489 e. The third kappa shape index (κ3) is 4.80. The van der Waals surface area contributed by atoms with Crippen LogP contribution in [0.3, 0.4) is 0 Å². The number of benzene rings is 3. The second-order valence-electron chi connectivity index (χ2n) is 8.46. The van der Waals surface area contributed by atoms with E-state index in [-0.39, 0.29) is 5.91 Å². The normalized spacial score (nSPS) is 14.7. The summed E-state index contributed by atoms with van der Waals surface area (Å²) in [6.07, 6.45) is 1.47. The summed E-state index contributed by atoms with van der Waals surface area (Å²) >= 11 is 12.2. The Morgan fingerprint density at radius 1 is 1.08 bits per heavy atom. The summed E-state index contributed by atoms with van der Waals surface area (Å²) in [5, 5.41) is 11.8. The number of para-hydroxylation sites is 1. The van der Waals surface area contributed by atoms with Gasteiger partial charge in [-0.25, -0.2) is 4.68 Å². The minimum atomic E-state index is -0.465. The Bertz CT molecular complexity index is 1460. The first-order valence-corrected chi connectivity index (χ1v) is 12.1. The molecule has 36 heavy (non-hydrogen) atoms. The van der Waals surface area contributed by atoms with Gasteiger partial charge in [-0.1, -0.05) is 59.6 Å². The Morgan fingerprint density at radius 3 is 2.61 bits per heavy atom. The van der Waals surface area contributed by atoms with Gasteiger partial charge in [-0.15, -0.1) is 0 Å². The van der Waals surface area contributed by atoms with Gasteiger partial charge in [-0.2, -0.15) is 10.1 Å². The number of allylic oxidation sites excluding steroid dienone is 1. The van der Waals surface area contributed by atoms with Crippen LogP contribution in [0.5, 0.6) is 5.75 Å². The van der Waals surface area contributed by atoms with Gasteiger partial charge in [0, 0.05) is 27.0 Å². The van der Waals surface area contributed by atoms with Crippen LogP contribution < -0.4 is 15.4 Å². The molecule has 0 saturated carbocycles. The number of fused-ring (bicyclic) bond motifs is 1. The van der Waals surface area contributed by atoms with E-state index >= 15 is 0 Å². The highest BCUT2D eigenvalue weighted by Gasteiger charge is 2.33. The standard InChI is InChI=1S/C27H23Cl2N5O2/c1-16-5-3-4-6-23(16)33-26(35)24-17(2)32-27-30-15-31-34(27)25(24)18-8-11-21(12-9-18)36-14-19-7-10-20(28)13-22(19)29/h3-13,15,25H,14H2,1-2H3,(H,33,35)(H,30,31,32)/t25-/m0/s1. The van der Waals surface area contributed by atoms with Crippen molar-refractivity contribution in [1.29, 1.82) is 0 Å². The highest BCUT2D eigenvalue weighted by Crippen LogP contribution is 2.36. The van der Waals surface area contributed by atoms with E-state index in [0.29, 0.717) is 39.6 Å². The van der Waals surface area contributed by atoms with Crippen molar-refractivity contribution in [2.24, 2.45) is 0 Å². The van der Waals surface area contributed by atoms with E-state index in [1.165, 1.54) is 6.33 Å². The second kappa shape index (κ2) is 10.0. The minimum Gasteiger partial charge on any atom is -0.489 e. The lowest BCUT2D eigenvalue weighted by molar-refractivity contribution is -0.113. The van der Waals surface area contributed by atoms with Crippen LogP contribution in [0.15, 0.2) is 84.3 Å². The second-order valence-corrected chi connectivity index (χ2v) is 9.30. The van der Waals surface area contributed by atoms with Crippen molar-refractivity contribution < 1.29 is 9.53 Å². The maximum Gasteiger partial charge on any atom is 0.255 e. The number of nitrogens with one attached hydrogen (secondary N) is 2. The molecule has 0 unspecified atom stereocenters. The van der Waals surface area contributed by atoms with Crippen molar-refractivity contribution in [3.8, 4) is 5.75 Å². The number of carbonyl (C=O) groups is 1. The predicted molar refractivity (Wildman–Crippen MR) is 142 cm³/mol. The van der Waals surface area contributed by atoms with E-state index < -0.39 is 6.04 Å². The molecule has 1 atom stereocenters. The fourth-order valence-electron chi connectivity index (χ4n) is 4.14. The van der Waals surface area contributed by atoms with E-state index in [4.69, 9.17) is 27.9 Å². The summed E-state index contributed by atoms with van der Waals surface area (Å²) in [4.78, 5) is 17.8. The van der Waals surface area contributed by atoms with E-state index in [9.17, 15) is 4.79 Å². The molecule has 1 aromatic heterocycles. The molecule has 0 aliphatic carbocycles. The SMILES string of the molecule is CC1=C(C(=O)Nc2ccccc2C)[C@H](c2ccc(OCc3ccc(Cl)cc3Cl)cc2)n2ncnc2N1. The molecule has 1 aliphatic rings. The van der Waals surface area contributed by atoms with Crippen LogP contribution in [0, 0.1) is 6.92 Å². The number of halogens is 2. The summed E-state index contributed by atoms with van der Waals surface area (Å²) in [7, 11) is 0. The van der Waals surface area contributed by atoms with Crippen LogP contribution in [-0.4, -0.2) is 20.7 Å². The van der Waals surface area contributed by atoms with Crippen LogP contribution in [-0.2, 0) is 11.4 Å². The number of aromatic nitrogens is 3. The number of ether oxygens (including phenoxy) is 1. The first kappa shape index (κ1) is 23.9. The van der Waals surface area contributed by atoms with E-state index in [1.807, 2.05) is 68.4 Å². The highest BCUT2D eigenvalue weighted by atomic mass is 35.5. The molecule has 1 amide bonds. The Morgan fingerprint density at radius 2 is 1.86 bits per heavy atom. The molecule has 0 radical (unpaired) electrons. The third-order valence-electron chi connectivity index (χ3n) is 6.04. The summed E-state index contributed by atoms with van der Waals surface area (Å²) in [5.74, 6) is 1.03. The van der Waals surface area contributed by atoms with Gasteiger partial charge < -0.3 is 15.4 Å². The van der Waals surface area contributed by atoms with Gasteiger partial charge in [0.2, 0.25) is 5.95 Å². The topological polar surface area (TPSA) is 81.1 Å². The Labute approximate surface area is 218 Å². The van der Waals surface area contributed by atoms with Gasteiger partial charge in [0.05, 0.1) is 5.57 Å². The highest BCUT2D eigenvalue weighted by molar-refractivity contribution is 6.35. The summed E-state index contributed by atoms with van der Waals surface area (Å²) in [5.41, 5.74) is 4.71. The fourth-order valence-corrected chi connectivity index (χ4v) is 4.61. The maximum absolute atomic E-state index is 13.5. The lowest BCUT2D eigenvalue weighted by Gasteiger charge is -2.29.